The number of nitrogens with zero attached hydrogens (tertiary/aromatic N) is 4. The van der Waals surface area contributed by atoms with Gasteiger partial charge in [0.15, 0.2) is 5.96 Å². The van der Waals surface area contributed by atoms with E-state index >= 15 is 0 Å². The molecule has 1 saturated heterocycles. The number of hydrogen-bond acceptors (Lipinski definition) is 4. The van der Waals surface area contributed by atoms with E-state index in [2.05, 4.69) is 37.3 Å². The zero-order valence-electron chi connectivity index (χ0n) is 19.0. The van der Waals surface area contributed by atoms with Gasteiger partial charge in [0.05, 0.1) is 11.8 Å². The highest BCUT2D eigenvalue weighted by molar-refractivity contribution is 14.0. The van der Waals surface area contributed by atoms with Crippen LogP contribution in [0.5, 0.6) is 0 Å². The Kier molecular flexibility index (Phi) is 8.72. The number of halogens is 1. The lowest BCUT2D eigenvalue weighted by molar-refractivity contribution is -0.140. The van der Waals surface area contributed by atoms with Crippen LogP contribution in [0.25, 0.3) is 0 Å². The average molecular weight is 554 g/mol. The molecule has 4 rings (SSSR count). The van der Waals surface area contributed by atoms with Gasteiger partial charge >= 0.3 is 0 Å². The number of likely N-dealkylation sites (tertiary alicyclic amines) is 1. The van der Waals surface area contributed by atoms with Crippen LogP contribution in [0.2, 0.25) is 0 Å². The quantitative estimate of drug-likeness (QED) is 0.116. The molecule has 8 nitrogen and oxygen atoms in total. The van der Waals surface area contributed by atoms with E-state index < -0.39 is 0 Å². The summed E-state index contributed by atoms with van der Waals surface area (Å²) >= 11 is 0. The third-order valence-corrected chi connectivity index (χ3v) is 6.76. The van der Waals surface area contributed by atoms with Crippen LogP contribution in [-0.2, 0) is 16.1 Å². The van der Waals surface area contributed by atoms with Gasteiger partial charge in [0.25, 0.3) is 0 Å². The second kappa shape index (κ2) is 11.3. The standard InChI is InChI=1S/C23H34N6O2.HI/c1-3-24-23(26-9-4-5-12-28-14-11-25-16(28)2)27-10-6-13-29-21(30)19-17-7-8-18(15-17)20(19)22(29)31;/h7-8,11,14,17-20H,3-6,9-10,12-13,15H2,1-2H3,(H2,24,26,27);1H. The number of unbranched alkanes of at least 4 members (excludes halogenated alkanes) is 1. The molecule has 2 amide bonds. The Bertz CT molecular complexity index is 836. The van der Waals surface area contributed by atoms with Gasteiger partial charge in [-0.3, -0.25) is 19.5 Å². The van der Waals surface area contributed by atoms with Gasteiger partial charge in [0, 0.05) is 45.1 Å². The smallest absolute Gasteiger partial charge is 0.233 e. The van der Waals surface area contributed by atoms with E-state index in [-0.39, 0.29) is 59.5 Å². The minimum absolute atomic E-state index is 0. The van der Waals surface area contributed by atoms with Crippen LogP contribution in [-0.4, -0.2) is 58.4 Å². The van der Waals surface area contributed by atoms with Gasteiger partial charge in [0.2, 0.25) is 11.8 Å². The van der Waals surface area contributed by atoms with E-state index in [4.69, 9.17) is 0 Å². The molecule has 1 aromatic heterocycles. The molecule has 2 N–H and O–H groups in total. The second-order valence-electron chi connectivity index (χ2n) is 8.74. The number of imidazole rings is 1. The summed E-state index contributed by atoms with van der Waals surface area (Å²) in [7, 11) is 0. The monoisotopic (exact) mass is 554 g/mol. The largest absolute Gasteiger partial charge is 0.357 e. The fourth-order valence-electron chi connectivity index (χ4n) is 5.20. The Labute approximate surface area is 207 Å². The number of aromatic nitrogens is 2. The van der Waals surface area contributed by atoms with Crippen molar-refractivity contribution in [1.82, 2.24) is 25.1 Å². The molecule has 4 unspecified atom stereocenters. The summed E-state index contributed by atoms with van der Waals surface area (Å²) in [4.78, 5) is 35.8. The van der Waals surface area contributed by atoms with E-state index in [1.807, 2.05) is 26.2 Å². The fraction of sp³-hybridized carbons (Fsp3) is 0.652. The lowest BCUT2D eigenvalue weighted by atomic mass is 9.85. The summed E-state index contributed by atoms with van der Waals surface area (Å²) in [6, 6.07) is 0. The SMILES string of the molecule is CCNC(=NCCCN1C(=O)C2C3C=CC(C3)C2C1=O)NCCCCn1ccnc1C.I. The van der Waals surface area contributed by atoms with Gasteiger partial charge in [0.1, 0.15) is 5.82 Å². The molecule has 9 heteroatoms. The highest BCUT2D eigenvalue weighted by Crippen LogP contribution is 2.52. The van der Waals surface area contributed by atoms with Crippen LogP contribution in [0.1, 0.15) is 38.4 Å². The van der Waals surface area contributed by atoms with E-state index in [9.17, 15) is 9.59 Å². The molecule has 2 bridgehead atoms. The first-order chi connectivity index (χ1) is 15.1. The molecule has 2 aliphatic carbocycles. The van der Waals surface area contributed by atoms with Crippen LogP contribution >= 0.6 is 24.0 Å². The summed E-state index contributed by atoms with van der Waals surface area (Å²) in [5, 5.41) is 6.63. The summed E-state index contributed by atoms with van der Waals surface area (Å²) in [5.74, 6) is 2.26. The first-order valence-electron chi connectivity index (χ1n) is 11.6. The number of hydrogen-bond donors (Lipinski definition) is 2. The molecule has 2 heterocycles. The van der Waals surface area contributed by atoms with Crippen molar-refractivity contribution in [2.24, 2.45) is 28.7 Å². The first kappa shape index (κ1) is 24.7. The van der Waals surface area contributed by atoms with Gasteiger partial charge < -0.3 is 15.2 Å². The zero-order chi connectivity index (χ0) is 21.8. The van der Waals surface area contributed by atoms with E-state index in [0.29, 0.717) is 19.5 Å². The Morgan fingerprint density at radius 1 is 1.09 bits per heavy atom. The third-order valence-electron chi connectivity index (χ3n) is 6.76. The number of aryl methyl sites for hydroxylation is 2. The number of carbonyl (C=O) groups excluding carboxylic acids is 2. The van der Waals surface area contributed by atoms with Crippen LogP contribution in [0.15, 0.2) is 29.5 Å². The molecule has 0 radical (unpaired) electrons. The number of aliphatic imine (C=N–C) groups is 1. The number of allylic oxidation sites excluding steroid dienone is 2. The topological polar surface area (TPSA) is 91.6 Å². The molecule has 176 valence electrons. The number of rotatable bonds is 10. The van der Waals surface area contributed by atoms with E-state index in [1.54, 1.807) is 0 Å². The van der Waals surface area contributed by atoms with Gasteiger partial charge in [-0.15, -0.1) is 24.0 Å². The normalized spacial score (nSPS) is 25.9. The summed E-state index contributed by atoms with van der Waals surface area (Å²) < 4.78 is 2.16. The molecule has 4 atom stereocenters. The van der Waals surface area contributed by atoms with Crippen molar-refractivity contribution in [2.45, 2.75) is 46.1 Å². The lowest BCUT2D eigenvalue weighted by Gasteiger charge is -2.17. The van der Waals surface area contributed by atoms with Crippen LogP contribution in [0, 0.1) is 30.6 Å². The van der Waals surface area contributed by atoms with Gasteiger partial charge in [-0.05, 0) is 51.4 Å². The van der Waals surface area contributed by atoms with Crippen molar-refractivity contribution < 1.29 is 9.59 Å². The Balaban J connectivity index is 0.00000289. The van der Waals surface area contributed by atoms with Crippen LogP contribution in [0.3, 0.4) is 0 Å². The summed E-state index contributed by atoms with van der Waals surface area (Å²) in [5.41, 5.74) is 0. The maximum atomic E-state index is 12.7. The Morgan fingerprint density at radius 2 is 1.81 bits per heavy atom. The van der Waals surface area contributed by atoms with Crippen molar-refractivity contribution >= 4 is 41.8 Å². The Morgan fingerprint density at radius 3 is 2.44 bits per heavy atom. The van der Waals surface area contributed by atoms with Crippen molar-refractivity contribution in [3.8, 4) is 0 Å². The first-order valence-corrected chi connectivity index (χ1v) is 11.6. The molecule has 2 fully saturated rings. The molecular formula is C23H35IN6O2. The molecule has 32 heavy (non-hydrogen) atoms. The predicted molar refractivity (Wildman–Crippen MR) is 135 cm³/mol. The molecule has 0 aromatic carbocycles. The number of nitrogens with one attached hydrogen (secondary N) is 2. The predicted octanol–water partition coefficient (Wildman–Crippen LogP) is 2.34. The van der Waals surface area contributed by atoms with Crippen LogP contribution in [0.4, 0.5) is 0 Å². The lowest BCUT2D eigenvalue weighted by Crippen LogP contribution is -2.38. The summed E-state index contributed by atoms with van der Waals surface area (Å²) in [6.07, 6.45) is 11.9. The molecule has 1 aromatic rings. The number of guanidine groups is 1. The number of fused-ring (bicyclic) bond motifs is 5. The maximum Gasteiger partial charge on any atom is 0.233 e. The van der Waals surface area contributed by atoms with Gasteiger partial charge in [-0.1, -0.05) is 12.2 Å². The number of carbonyl (C=O) groups is 2. The van der Waals surface area contributed by atoms with E-state index in [1.165, 1.54) is 4.90 Å². The van der Waals surface area contributed by atoms with E-state index in [0.717, 1.165) is 50.7 Å². The van der Waals surface area contributed by atoms with Gasteiger partial charge in [-0.25, -0.2) is 4.98 Å². The molecule has 1 saturated carbocycles. The zero-order valence-corrected chi connectivity index (χ0v) is 21.3. The fourth-order valence-corrected chi connectivity index (χ4v) is 5.20. The number of imide groups is 1. The van der Waals surface area contributed by atoms with Crippen molar-refractivity contribution in [2.75, 3.05) is 26.2 Å². The highest BCUT2D eigenvalue weighted by Gasteiger charge is 2.58. The highest BCUT2D eigenvalue weighted by atomic mass is 127. The third kappa shape index (κ3) is 5.18. The molecular weight excluding hydrogens is 519 g/mol. The van der Waals surface area contributed by atoms with Crippen molar-refractivity contribution in [1.29, 1.82) is 0 Å². The van der Waals surface area contributed by atoms with Crippen LogP contribution < -0.4 is 10.6 Å². The second-order valence-corrected chi connectivity index (χ2v) is 8.74. The average Bonchev–Trinajstić information content (AvgIpc) is 3.52. The summed E-state index contributed by atoms with van der Waals surface area (Å²) in [6.45, 7) is 7.73. The minimum Gasteiger partial charge on any atom is -0.357 e. The molecule has 0 spiro atoms. The molecule has 3 aliphatic rings. The van der Waals surface area contributed by atoms with Crippen molar-refractivity contribution in [3.05, 3.63) is 30.4 Å². The number of amides is 2. The minimum atomic E-state index is -0.101. The van der Waals surface area contributed by atoms with Crippen molar-refractivity contribution in [3.63, 3.8) is 0 Å². The molecule has 1 aliphatic heterocycles. The Hall–Kier alpha value is -1.91. The van der Waals surface area contributed by atoms with Gasteiger partial charge in [-0.2, -0.15) is 0 Å². The maximum absolute atomic E-state index is 12.7.